The number of ketones is 1. The van der Waals surface area contributed by atoms with Gasteiger partial charge in [-0.05, 0) is 25.7 Å². The lowest BCUT2D eigenvalue weighted by Gasteiger charge is -2.24. The monoisotopic (exact) mass is 337 g/mol. The van der Waals surface area contributed by atoms with Gasteiger partial charge in [0.15, 0.2) is 5.78 Å². The Balaban J connectivity index is 2.50. The molecule has 1 heterocycles. The van der Waals surface area contributed by atoms with Gasteiger partial charge < -0.3 is 10.0 Å². The van der Waals surface area contributed by atoms with Crippen molar-refractivity contribution in [2.75, 3.05) is 6.54 Å². The van der Waals surface area contributed by atoms with Gasteiger partial charge >= 0.3 is 0 Å². The van der Waals surface area contributed by atoms with E-state index in [4.69, 9.17) is 0 Å². The molecular formula is C20H35NO3. The van der Waals surface area contributed by atoms with E-state index < -0.39 is 0 Å². The minimum absolute atomic E-state index is 0.000200. The van der Waals surface area contributed by atoms with Crippen molar-refractivity contribution in [1.82, 2.24) is 4.90 Å². The standard InChI is InChI=1S/C20H35NO3/c1-5-6-7-8-9-10-11-12-13-21-17(14-15(2)3)19(23)18(16(4)22)20(21)24/h15,17,22H,5-14H2,1-4H3/b18-16+/t17-/m1/s1. The molecule has 0 saturated carbocycles. The van der Waals surface area contributed by atoms with Crippen molar-refractivity contribution in [3.05, 3.63) is 11.3 Å². The number of likely N-dealkylation sites (tertiary alicyclic amines) is 1. The molecule has 0 aromatic rings. The van der Waals surface area contributed by atoms with Gasteiger partial charge in [0.25, 0.3) is 5.91 Å². The first-order chi connectivity index (χ1) is 11.4. The summed E-state index contributed by atoms with van der Waals surface area (Å²) >= 11 is 0. The van der Waals surface area contributed by atoms with Crippen LogP contribution in [0.3, 0.4) is 0 Å². The van der Waals surface area contributed by atoms with Gasteiger partial charge in [-0.15, -0.1) is 0 Å². The quantitative estimate of drug-likeness (QED) is 0.255. The normalized spacial score (nSPS) is 20.4. The molecule has 0 aromatic carbocycles. The summed E-state index contributed by atoms with van der Waals surface area (Å²) in [5, 5.41) is 9.69. The summed E-state index contributed by atoms with van der Waals surface area (Å²) in [5.74, 6) is -0.287. The molecule has 0 unspecified atom stereocenters. The Morgan fingerprint density at radius 2 is 1.58 bits per heavy atom. The number of unbranched alkanes of at least 4 members (excludes halogenated alkanes) is 7. The number of aliphatic hydroxyl groups is 1. The zero-order valence-electron chi connectivity index (χ0n) is 15.9. The van der Waals surface area contributed by atoms with E-state index in [0.717, 1.165) is 12.8 Å². The van der Waals surface area contributed by atoms with Gasteiger partial charge in [0.1, 0.15) is 11.3 Å². The highest BCUT2D eigenvalue weighted by molar-refractivity contribution is 6.26. The number of carbonyl (C=O) groups excluding carboxylic acids is 2. The van der Waals surface area contributed by atoms with Crippen LogP contribution in [0.2, 0.25) is 0 Å². The zero-order valence-corrected chi connectivity index (χ0v) is 15.9. The summed E-state index contributed by atoms with van der Waals surface area (Å²) < 4.78 is 0. The number of allylic oxidation sites excluding steroid dienone is 1. The van der Waals surface area contributed by atoms with Crippen LogP contribution in [0, 0.1) is 5.92 Å². The predicted octanol–water partition coefficient (Wildman–Crippen LogP) is 4.79. The number of nitrogens with zero attached hydrogens (tertiary/aromatic N) is 1. The van der Waals surface area contributed by atoms with E-state index in [1.54, 1.807) is 4.90 Å². The van der Waals surface area contributed by atoms with Crippen molar-refractivity contribution in [3.8, 4) is 0 Å². The average Bonchev–Trinajstić information content (AvgIpc) is 2.73. The lowest BCUT2D eigenvalue weighted by atomic mass is 9.99. The molecule has 1 rings (SSSR count). The molecule has 4 heteroatoms. The van der Waals surface area contributed by atoms with Gasteiger partial charge in [0, 0.05) is 6.54 Å². The highest BCUT2D eigenvalue weighted by Gasteiger charge is 2.44. The highest BCUT2D eigenvalue weighted by Crippen LogP contribution is 2.27. The second-order valence-corrected chi connectivity index (χ2v) is 7.44. The van der Waals surface area contributed by atoms with Crippen molar-refractivity contribution < 1.29 is 14.7 Å². The largest absolute Gasteiger partial charge is 0.512 e. The van der Waals surface area contributed by atoms with E-state index in [0.29, 0.717) is 18.9 Å². The number of Topliss-reactive ketones (excluding diaryl/α,β-unsaturated/α-hetero) is 1. The summed E-state index contributed by atoms with van der Waals surface area (Å²) in [6, 6.07) is -0.390. The molecule has 1 saturated heterocycles. The summed E-state index contributed by atoms with van der Waals surface area (Å²) in [5.41, 5.74) is 0.000200. The summed E-state index contributed by atoms with van der Waals surface area (Å²) in [6.07, 6.45) is 10.3. The third-order valence-corrected chi connectivity index (χ3v) is 4.71. The van der Waals surface area contributed by atoms with Crippen LogP contribution in [0.4, 0.5) is 0 Å². The fraction of sp³-hybridized carbons (Fsp3) is 0.800. The number of rotatable bonds is 11. The number of amides is 1. The Hall–Kier alpha value is -1.32. The van der Waals surface area contributed by atoms with Crippen LogP contribution in [0.5, 0.6) is 0 Å². The van der Waals surface area contributed by atoms with E-state index in [-0.39, 0.29) is 29.1 Å². The Kier molecular flexibility index (Phi) is 9.09. The molecule has 138 valence electrons. The lowest BCUT2D eigenvalue weighted by Crippen LogP contribution is -2.37. The minimum Gasteiger partial charge on any atom is -0.512 e. The molecule has 24 heavy (non-hydrogen) atoms. The van der Waals surface area contributed by atoms with Crippen molar-refractivity contribution in [2.24, 2.45) is 5.92 Å². The number of hydrogen-bond acceptors (Lipinski definition) is 3. The van der Waals surface area contributed by atoms with Crippen LogP contribution >= 0.6 is 0 Å². The molecular weight excluding hydrogens is 302 g/mol. The first-order valence-corrected chi connectivity index (χ1v) is 9.65. The molecule has 0 spiro atoms. The topological polar surface area (TPSA) is 57.6 Å². The summed E-state index contributed by atoms with van der Waals surface area (Å²) in [7, 11) is 0. The van der Waals surface area contributed by atoms with Gasteiger partial charge in [-0.2, -0.15) is 0 Å². The Labute approximate surface area is 147 Å². The molecule has 1 aliphatic rings. The van der Waals surface area contributed by atoms with E-state index >= 15 is 0 Å². The summed E-state index contributed by atoms with van der Waals surface area (Å²) in [4.78, 5) is 26.6. The van der Waals surface area contributed by atoms with Crippen LogP contribution in [-0.2, 0) is 9.59 Å². The second kappa shape index (κ2) is 10.5. The maximum atomic E-state index is 12.5. The molecule has 1 aliphatic heterocycles. The van der Waals surface area contributed by atoms with Gasteiger partial charge in [-0.25, -0.2) is 0 Å². The number of hydrogen-bond donors (Lipinski definition) is 1. The van der Waals surface area contributed by atoms with Crippen LogP contribution in [0.1, 0.15) is 85.5 Å². The van der Waals surface area contributed by atoms with E-state index in [2.05, 4.69) is 20.8 Å². The smallest absolute Gasteiger partial charge is 0.261 e. The fourth-order valence-electron chi connectivity index (χ4n) is 3.39. The molecule has 1 fully saturated rings. The van der Waals surface area contributed by atoms with Crippen LogP contribution < -0.4 is 0 Å². The van der Waals surface area contributed by atoms with Gasteiger partial charge in [-0.3, -0.25) is 9.59 Å². The molecule has 4 nitrogen and oxygen atoms in total. The van der Waals surface area contributed by atoms with Crippen LogP contribution in [0.25, 0.3) is 0 Å². The van der Waals surface area contributed by atoms with Gasteiger partial charge in [0.2, 0.25) is 0 Å². The van der Waals surface area contributed by atoms with E-state index in [1.807, 2.05) is 0 Å². The maximum Gasteiger partial charge on any atom is 0.261 e. The molecule has 1 amide bonds. The van der Waals surface area contributed by atoms with Crippen LogP contribution in [-0.4, -0.2) is 34.3 Å². The number of carbonyl (C=O) groups is 2. The zero-order chi connectivity index (χ0) is 18.1. The molecule has 1 N–H and O–H groups in total. The van der Waals surface area contributed by atoms with Gasteiger partial charge in [-0.1, -0.05) is 65.7 Å². The summed E-state index contributed by atoms with van der Waals surface area (Å²) in [6.45, 7) is 8.38. The highest BCUT2D eigenvalue weighted by atomic mass is 16.3. The molecule has 0 radical (unpaired) electrons. The van der Waals surface area contributed by atoms with E-state index in [1.165, 1.54) is 45.4 Å². The predicted molar refractivity (Wildman–Crippen MR) is 97.9 cm³/mol. The van der Waals surface area contributed by atoms with Crippen molar-refractivity contribution in [2.45, 2.75) is 91.5 Å². The SMILES string of the molecule is CCCCCCCCCCN1C(=O)/C(=C(\C)O)C(=O)[C@H]1CC(C)C. The van der Waals surface area contributed by atoms with Crippen molar-refractivity contribution in [1.29, 1.82) is 0 Å². The lowest BCUT2D eigenvalue weighted by molar-refractivity contribution is -0.127. The fourth-order valence-corrected chi connectivity index (χ4v) is 3.39. The Morgan fingerprint density at radius 1 is 1.04 bits per heavy atom. The number of aliphatic hydroxyl groups excluding tert-OH is 1. The minimum atomic E-state index is -0.390. The maximum absolute atomic E-state index is 12.5. The average molecular weight is 338 g/mol. The first-order valence-electron chi connectivity index (χ1n) is 9.65. The van der Waals surface area contributed by atoms with Crippen molar-refractivity contribution >= 4 is 11.7 Å². The molecule has 0 aromatic heterocycles. The Bertz CT molecular complexity index is 450. The molecule has 1 atom stereocenters. The Morgan fingerprint density at radius 3 is 2.08 bits per heavy atom. The van der Waals surface area contributed by atoms with Gasteiger partial charge in [0.05, 0.1) is 6.04 Å². The molecule has 0 aliphatic carbocycles. The van der Waals surface area contributed by atoms with Crippen LogP contribution in [0.15, 0.2) is 11.3 Å². The second-order valence-electron chi connectivity index (χ2n) is 7.44. The first kappa shape index (κ1) is 20.7. The third-order valence-electron chi connectivity index (χ3n) is 4.71. The van der Waals surface area contributed by atoms with E-state index in [9.17, 15) is 14.7 Å². The third kappa shape index (κ3) is 5.95. The molecule has 0 bridgehead atoms. The van der Waals surface area contributed by atoms with Crippen molar-refractivity contribution in [3.63, 3.8) is 0 Å².